The van der Waals surface area contributed by atoms with Crippen LogP contribution in [-0.2, 0) is 9.53 Å². The van der Waals surface area contributed by atoms with E-state index in [2.05, 4.69) is 21.8 Å². The molecule has 2 N–H and O–H groups in total. The molecule has 0 spiro atoms. The number of rotatable bonds is 8. The number of carboxylic acid groups (broad SMARTS) is 1. The molecule has 2 aliphatic heterocycles. The van der Waals surface area contributed by atoms with E-state index in [0.717, 1.165) is 5.69 Å². The summed E-state index contributed by atoms with van der Waals surface area (Å²) in [5.41, 5.74) is 1.51. The SMILES string of the molecule is COc1cc(N2CCC(Oc3ncc(N4C[C@H](OC)[C@@H](C)[C@@H]4CC(=O)O)cc3O)C(C)C2)c(Cl)cn1. The lowest BCUT2D eigenvalue weighted by molar-refractivity contribution is -0.137. The second kappa shape index (κ2) is 11.0. The zero-order valence-corrected chi connectivity index (χ0v) is 21.7. The van der Waals surface area contributed by atoms with E-state index < -0.39 is 5.97 Å². The van der Waals surface area contributed by atoms with Crippen molar-refractivity contribution < 1.29 is 29.2 Å². The average molecular weight is 521 g/mol. The van der Waals surface area contributed by atoms with E-state index in [1.807, 2.05) is 17.9 Å². The quantitative estimate of drug-likeness (QED) is 0.535. The van der Waals surface area contributed by atoms with Gasteiger partial charge >= 0.3 is 5.97 Å². The summed E-state index contributed by atoms with van der Waals surface area (Å²) >= 11 is 6.38. The predicted octanol–water partition coefficient (Wildman–Crippen LogP) is 3.45. The first-order valence-corrected chi connectivity index (χ1v) is 12.4. The number of aliphatic carboxylic acids is 1. The highest BCUT2D eigenvalue weighted by Crippen LogP contribution is 2.38. The number of ether oxygens (including phenoxy) is 3. The molecule has 0 aromatic carbocycles. The van der Waals surface area contributed by atoms with Gasteiger partial charge in [0.25, 0.3) is 5.88 Å². The molecule has 36 heavy (non-hydrogen) atoms. The summed E-state index contributed by atoms with van der Waals surface area (Å²) in [7, 11) is 3.20. The maximum absolute atomic E-state index is 11.4. The molecule has 0 bridgehead atoms. The largest absolute Gasteiger partial charge is 0.503 e. The van der Waals surface area contributed by atoms with Crippen LogP contribution in [0.15, 0.2) is 24.5 Å². The standard InChI is InChI=1S/C25H33ClN4O6/c1-14-12-29(19-8-23(35-4)27-11-17(19)26)6-5-21(14)36-25-20(31)7-16(10-28-25)30-13-22(34-3)15(2)18(30)9-24(32)33/h7-8,10-11,14-15,18,21-22,31H,5-6,9,12-13H2,1-4H3,(H,32,33)/t14?,15-,18-,21?,22-/m0/s1. The summed E-state index contributed by atoms with van der Waals surface area (Å²) in [6.45, 7) is 6.00. The lowest BCUT2D eigenvalue weighted by Gasteiger charge is -2.38. The van der Waals surface area contributed by atoms with Crippen molar-refractivity contribution in [1.82, 2.24) is 9.97 Å². The maximum Gasteiger partial charge on any atom is 0.305 e. The van der Waals surface area contributed by atoms with Gasteiger partial charge in [-0.25, -0.2) is 9.97 Å². The molecule has 2 unspecified atom stereocenters. The predicted molar refractivity (Wildman–Crippen MR) is 135 cm³/mol. The fourth-order valence-corrected chi connectivity index (χ4v) is 5.41. The molecule has 11 heteroatoms. The molecule has 0 saturated carbocycles. The Hall–Kier alpha value is -2.98. The van der Waals surface area contributed by atoms with Gasteiger partial charge in [-0.2, -0.15) is 0 Å². The Morgan fingerprint density at radius 1 is 1.17 bits per heavy atom. The first kappa shape index (κ1) is 26.1. The van der Waals surface area contributed by atoms with Crippen LogP contribution in [0.1, 0.15) is 26.7 Å². The van der Waals surface area contributed by atoms with Crippen molar-refractivity contribution >= 4 is 28.9 Å². The van der Waals surface area contributed by atoms with Gasteiger partial charge in [0.15, 0.2) is 5.75 Å². The molecule has 196 valence electrons. The molecule has 2 aliphatic rings. The van der Waals surface area contributed by atoms with Gasteiger partial charge in [0.2, 0.25) is 5.88 Å². The van der Waals surface area contributed by atoms with Crippen LogP contribution in [0.25, 0.3) is 0 Å². The number of pyridine rings is 2. The van der Waals surface area contributed by atoms with Gasteiger partial charge in [0, 0.05) is 63.2 Å². The van der Waals surface area contributed by atoms with Crippen molar-refractivity contribution in [1.29, 1.82) is 0 Å². The lowest BCUT2D eigenvalue weighted by Crippen LogP contribution is -2.44. The lowest BCUT2D eigenvalue weighted by atomic mass is 9.96. The van der Waals surface area contributed by atoms with Crippen LogP contribution in [0.5, 0.6) is 17.5 Å². The van der Waals surface area contributed by atoms with Crippen LogP contribution in [0, 0.1) is 11.8 Å². The van der Waals surface area contributed by atoms with Gasteiger partial charge in [-0.1, -0.05) is 25.4 Å². The topological polar surface area (TPSA) is 117 Å². The van der Waals surface area contributed by atoms with Crippen LogP contribution >= 0.6 is 11.6 Å². The zero-order chi connectivity index (χ0) is 26.0. The number of hydrogen-bond acceptors (Lipinski definition) is 9. The fourth-order valence-electron chi connectivity index (χ4n) is 5.19. The van der Waals surface area contributed by atoms with Crippen molar-refractivity contribution in [3.8, 4) is 17.5 Å². The van der Waals surface area contributed by atoms with E-state index in [4.69, 9.17) is 25.8 Å². The highest BCUT2D eigenvalue weighted by molar-refractivity contribution is 6.33. The first-order valence-electron chi connectivity index (χ1n) is 12.0. The highest BCUT2D eigenvalue weighted by Gasteiger charge is 2.41. The third-order valence-corrected chi connectivity index (χ3v) is 7.55. The Balaban J connectivity index is 1.44. The van der Waals surface area contributed by atoms with Crippen LogP contribution in [0.2, 0.25) is 5.02 Å². The number of halogens is 1. The number of anilines is 2. The minimum Gasteiger partial charge on any atom is -0.503 e. The van der Waals surface area contributed by atoms with Gasteiger partial charge < -0.3 is 34.2 Å². The zero-order valence-electron chi connectivity index (χ0n) is 20.9. The third kappa shape index (κ3) is 5.39. The normalized spacial score (nSPS) is 26.2. The van der Waals surface area contributed by atoms with E-state index in [9.17, 15) is 15.0 Å². The number of piperidine rings is 1. The van der Waals surface area contributed by atoms with Crippen LogP contribution < -0.4 is 19.3 Å². The summed E-state index contributed by atoms with van der Waals surface area (Å²) in [5.74, 6) is -0.132. The second-order valence-electron chi connectivity index (χ2n) is 9.51. The Labute approximate surface area is 215 Å². The molecule has 4 heterocycles. The smallest absolute Gasteiger partial charge is 0.305 e. The summed E-state index contributed by atoms with van der Waals surface area (Å²) in [6, 6.07) is 3.15. The van der Waals surface area contributed by atoms with Gasteiger partial charge in [-0.3, -0.25) is 4.79 Å². The number of nitrogens with zero attached hydrogens (tertiary/aromatic N) is 4. The number of methoxy groups -OCH3 is 2. The number of carbonyl (C=O) groups is 1. The number of carboxylic acids is 1. The molecule has 2 aromatic heterocycles. The molecule has 5 atom stereocenters. The minimum absolute atomic E-state index is 0.0177. The van der Waals surface area contributed by atoms with Crippen LogP contribution in [0.4, 0.5) is 11.4 Å². The summed E-state index contributed by atoms with van der Waals surface area (Å²) in [5, 5.41) is 20.7. The van der Waals surface area contributed by atoms with Crippen LogP contribution in [0.3, 0.4) is 0 Å². The summed E-state index contributed by atoms with van der Waals surface area (Å²) in [4.78, 5) is 24.1. The van der Waals surface area contributed by atoms with E-state index in [-0.39, 0.29) is 48.1 Å². The molecule has 0 amide bonds. The van der Waals surface area contributed by atoms with E-state index in [1.54, 1.807) is 32.7 Å². The third-order valence-electron chi connectivity index (χ3n) is 7.26. The van der Waals surface area contributed by atoms with Gasteiger partial charge in [0.05, 0.1) is 48.4 Å². The summed E-state index contributed by atoms with van der Waals surface area (Å²) < 4.78 is 16.9. The first-order chi connectivity index (χ1) is 17.2. The van der Waals surface area contributed by atoms with E-state index in [0.29, 0.717) is 42.6 Å². The minimum atomic E-state index is -0.877. The molecular formula is C25H33ClN4O6. The molecule has 2 aromatic rings. The summed E-state index contributed by atoms with van der Waals surface area (Å²) in [6.07, 6.45) is 3.65. The number of aromatic hydroxyl groups is 1. The number of aromatic nitrogens is 2. The Morgan fingerprint density at radius 2 is 1.94 bits per heavy atom. The maximum atomic E-state index is 11.4. The van der Waals surface area contributed by atoms with Crippen molar-refractivity contribution in [3.05, 3.63) is 29.5 Å². The number of hydrogen-bond donors (Lipinski definition) is 2. The second-order valence-corrected chi connectivity index (χ2v) is 9.92. The molecule has 2 saturated heterocycles. The Morgan fingerprint density at radius 3 is 2.58 bits per heavy atom. The van der Waals surface area contributed by atoms with E-state index >= 15 is 0 Å². The molecule has 0 radical (unpaired) electrons. The monoisotopic (exact) mass is 520 g/mol. The Bertz CT molecular complexity index is 1090. The molecule has 10 nitrogen and oxygen atoms in total. The van der Waals surface area contributed by atoms with Gasteiger partial charge in [-0.05, 0) is 0 Å². The molecule has 2 fully saturated rings. The molecular weight excluding hydrogens is 488 g/mol. The van der Waals surface area contributed by atoms with E-state index in [1.165, 1.54) is 0 Å². The average Bonchev–Trinajstić information content (AvgIpc) is 3.16. The van der Waals surface area contributed by atoms with Crippen molar-refractivity contribution in [2.24, 2.45) is 11.8 Å². The Kier molecular flexibility index (Phi) is 7.94. The molecule has 4 rings (SSSR count). The van der Waals surface area contributed by atoms with Crippen molar-refractivity contribution in [2.45, 2.75) is 44.9 Å². The van der Waals surface area contributed by atoms with Gasteiger partial charge in [-0.15, -0.1) is 0 Å². The molecule has 0 aliphatic carbocycles. The highest BCUT2D eigenvalue weighted by atomic mass is 35.5. The van der Waals surface area contributed by atoms with Crippen molar-refractivity contribution in [2.75, 3.05) is 43.7 Å². The van der Waals surface area contributed by atoms with Gasteiger partial charge in [0.1, 0.15) is 6.10 Å². The fraction of sp³-hybridized carbons (Fsp3) is 0.560. The van der Waals surface area contributed by atoms with Crippen molar-refractivity contribution in [3.63, 3.8) is 0 Å². The van der Waals surface area contributed by atoms with Crippen LogP contribution in [-0.4, -0.2) is 78.3 Å².